The minimum Gasteiger partial charge on any atom is -0.316 e. The standard InChI is InChI=1S/C17H21Br2NS/c1-2-9-20-12-14(11-16-7-8-17(19)21-16)10-13-3-5-15(18)6-4-13/h3-8,14,20H,2,9-12H2,1H3. The van der Waals surface area contributed by atoms with Crippen molar-refractivity contribution in [2.75, 3.05) is 13.1 Å². The molecule has 0 saturated carbocycles. The van der Waals surface area contributed by atoms with Gasteiger partial charge < -0.3 is 5.32 Å². The Morgan fingerprint density at radius 1 is 1.05 bits per heavy atom. The smallest absolute Gasteiger partial charge is 0.0701 e. The van der Waals surface area contributed by atoms with Gasteiger partial charge in [0.2, 0.25) is 0 Å². The Balaban J connectivity index is 1.98. The molecule has 4 heteroatoms. The molecule has 1 N–H and O–H groups in total. The van der Waals surface area contributed by atoms with E-state index >= 15 is 0 Å². The highest BCUT2D eigenvalue weighted by Gasteiger charge is 2.12. The Kier molecular flexibility index (Phi) is 7.44. The molecule has 0 radical (unpaired) electrons. The van der Waals surface area contributed by atoms with Crippen LogP contribution in [0, 0.1) is 5.92 Å². The predicted octanol–water partition coefficient (Wildman–Crippen LogP) is 5.67. The van der Waals surface area contributed by atoms with Gasteiger partial charge in [-0.05, 0) is 84.0 Å². The second kappa shape index (κ2) is 9.09. The predicted molar refractivity (Wildman–Crippen MR) is 100 cm³/mol. The zero-order valence-corrected chi connectivity index (χ0v) is 16.2. The first-order valence-corrected chi connectivity index (χ1v) is 9.77. The summed E-state index contributed by atoms with van der Waals surface area (Å²) >= 11 is 8.91. The van der Waals surface area contributed by atoms with Gasteiger partial charge in [0.25, 0.3) is 0 Å². The first-order valence-electron chi connectivity index (χ1n) is 7.36. The molecule has 2 rings (SSSR count). The van der Waals surface area contributed by atoms with Gasteiger partial charge in [0.15, 0.2) is 0 Å². The van der Waals surface area contributed by atoms with Gasteiger partial charge in [0.05, 0.1) is 3.79 Å². The van der Waals surface area contributed by atoms with Crippen molar-refractivity contribution in [3.05, 3.63) is 55.1 Å². The molecule has 0 aliphatic heterocycles. The minimum atomic E-state index is 0.642. The zero-order valence-electron chi connectivity index (χ0n) is 12.2. The van der Waals surface area contributed by atoms with Gasteiger partial charge in [-0.25, -0.2) is 0 Å². The lowest BCUT2D eigenvalue weighted by Gasteiger charge is -2.17. The normalized spacial score (nSPS) is 12.5. The van der Waals surface area contributed by atoms with Crippen molar-refractivity contribution in [2.45, 2.75) is 26.2 Å². The minimum absolute atomic E-state index is 0.642. The van der Waals surface area contributed by atoms with Crippen molar-refractivity contribution in [1.82, 2.24) is 5.32 Å². The molecule has 0 saturated heterocycles. The summed E-state index contributed by atoms with van der Waals surface area (Å²) in [6, 6.07) is 13.1. The van der Waals surface area contributed by atoms with Crippen LogP contribution in [0.25, 0.3) is 0 Å². The average Bonchev–Trinajstić information content (AvgIpc) is 2.87. The van der Waals surface area contributed by atoms with E-state index in [2.05, 4.69) is 80.5 Å². The first-order chi connectivity index (χ1) is 10.2. The summed E-state index contributed by atoms with van der Waals surface area (Å²) in [6.07, 6.45) is 3.46. The number of benzene rings is 1. The molecular formula is C17H21Br2NS. The summed E-state index contributed by atoms with van der Waals surface area (Å²) in [5, 5.41) is 3.58. The van der Waals surface area contributed by atoms with Crippen LogP contribution in [-0.4, -0.2) is 13.1 Å². The third-order valence-electron chi connectivity index (χ3n) is 3.42. The van der Waals surface area contributed by atoms with E-state index in [4.69, 9.17) is 0 Å². The lowest BCUT2D eigenvalue weighted by molar-refractivity contribution is 0.473. The Morgan fingerprint density at radius 2 is 1.81 bits per heavy atom. The summed E-state index contributed by atoms with van der Waals surface area (Å²) in [5.41, 5.74) is 1.41. The third kappa shape index (κ3) is 6.23. The molecule has 1 unspecified atom stereocenters. The number of nitrogens with one attached hydrogen (secondary N) is 1. The average molecular weight is 431 g/mol. The molecule has 1 nitrogen and oxygen atoms in total. The second-order valence-electron chi connectivity index (χ2n) is 5.31. The van der Waals surface area contributed by atoms with Gasteiger partial charge in [-0.15, -0.1) is 11.3 Å². The van der Waals surface area contributed by atoms with Gasteiger partial charge in [0, 0.05) is 9.35 Å². The molecule has 0 bridgehead atoms. The van der Waals surface area contributed by atoms with Crippen LogP contribution < -0.4 is 5.32 Å². The lowest BCUT2D eigenvalue weighted by Crippen LogP contribution is -2.26. The number of hydrogen-bond acceptors (Lipinski definition) is 2. The highest BCUT2D eigenvalue weighted by Crippen LogP contribution is 2.25. The molecule has 0 aliphatic carbocycles. The van der Waals surface area contributed by atoms with Crippen LogP contribution in [0.1, 0.15) is 23.8 Å². The summed E-state index contributed by atoms with van der Waals surface area (Å²) in [7, 11) is 0. The van der Waals surface area contributed by atoms with E-state index < -0.39 is 0 Å². The molecule has 1 aromatic heterocycles. The summed E-state index contributed by atoms with van der Waals surface area (Å²) in [4.78, 5) is 1.46. The van der Waals surface area contributed by atoms with Crippen LogP contribution >= 0.6 is 43.2 Å². The van der Waals surface area contributed by atoms with Gasteiger partial charge in [-0.1, -0.05) is 35.0 Å². The maximum absolute atomic E-state index is 3.58. The fraction of sp³-hybridized carbons (Fsp3) is 0.412. The van der Waals surface area contributed by atoms with Crippen LogP contribution in [0.5, 0.6) is 0 Å². The number of hydrogen-bond donors (Lipinski definition) is 1. The van der Waals surface area contributed by atoms with Crippen LogP contribution in [-0.2, 0) is 12.8 Å². The van der Waals surface area contributed by atoms with E-state index in [9.17, 15) is 0 Å². The molecule has 2 aromatic rings. The molecule has 114 valence electrons. The van der Waals surface area contributed by atoms with Gasteiger partial charge in [-0.2, -0.15) is 0 Å². The van der Waals surface area contributed by atoms with Crippen molar-refractivity contribution >= 4 is 43.2 Å². The van der Waals surface area contributed by atoms with E-state index in [1.54, 1.807) is 0 Å². The molecule has 0 aliphatic rings. The molecule has 1 aromatic carbocycles. The molecular weight excluding hydrogens is 410 g/mol. The SMILES string of the molecule is CCCNCC(Cc1ccc(Br)cc1)Cc1ccc(Br)s1. The van der Waals surface area contributed by atoms with E-state index in [1.807, 2.05) is 11.3 Å². The second-order valence-corrected chi connectivity index (χ2v) is 8.77. The lowest BCUT2D eigenvalue weighted by atomic mass is 9.95. The molecule has 0 amide bonds. The van der Waals surface area contributed by atoms with Gasteiger partial charge in [0.1, 0.15) is 0 Å². The van der Waals surface area contributed by atoms with Gasteiger partial charge in [-0.3, -0.25) is 0 Å². The van der Waals surface area contributed by atoms with E-state index in [0.717, 1.165) is 30.4 Å². The van der Waals surface area contributed by atoms with Gasteiger partial charge >= 0.3 is 0 Å². The van der Waals surface area contributed by atoms with Crippen LogP contribution in [0.3, 0.4) is 0 Å². The maximum atomic E-state index is 3.58. The highest BCUT2D eigenvalue weighted by atomic mass is 79.9. The summed E-state index contributed by atoms with van der Waals surface area (Å²) in [5.74, 6) is 0.642. The van der Waals surface area contributed by atoms with E-state index in [0.29, 0.717) is 5.92 Å². The van der Waals surface area contributed by atoms with E-state index in [1.165, 1.54) is 20.6 Å². The van der Waals surface area contributed by atoms with Crippen LogP contribution in [0.4, 0.5) is 0 Å². The Bertz CT molecular complexity index is 536. The summed E-state index contributed by atoms with van der Waals surface area (Å²) < 4.78 is 2.37. The van der Waals surface area contributed by atoms with Crippen molar-refractivity contribution in [2.24, 2.45) is 5.92 Å². The molecule has 0 spiro atoms. The number of rotatable bonds is 8. The monoisotopic (exact) mass is 429 g/mol. The molecule has 0 fully saturated rings. The van der Waals surface area contributed by atoms with Crippen molar-refractivity contribution in [1.29, 1.82) is 0 Å². The van der Waals surface area contributed by atoms with Crippen LogP contribution in [0.15, 0.2) is 44.7 Å². The third-order valence-corrected chi connectivity index (χ3v) is 5.59. The Labute approximate surface area is 148 Å². The Morgan fingerprint density at radius 3 is 2.43 bits per heavy atom. The number of halogens is 2. The Hall–Kier alpha value is -0.160. The maximum Gasteiger partial charge on any atom is 0.0701 e. The first kappa shape index (κ1) is 17.2. The molecule has 1 atom stereocenters. The van der Waals surface area contributed by atoms with Crippen molar-refractivity contribution in [3.8, 4) is 0 Å². The zero-order chi connectivity index (χ0) is 15.1. The summed E-state index contributed by atoms with van der Waals surface area (Å²) in [6.45, 7) is 4.40. The van der Waals surface area contributed by atoms with E-state index in [-0.39, 0.29) is 0 Å². The van der Waals surface area contributed by atoms with Crippen molar-refractivity contribution < 1.29 is 0 Å². The topological polar surface area (TPSA) is 12.0 Å². The molecule has 21 heavy (non-hydrogen) atoms. The highest BCUT2D eigenvalue weighted by molar-refractivity contribution is 9.11. The van der Waals surface area contributed by atoms with Crippen molar-refractivity contribution in [3.63, 3.8) is 0 Å². The largest absolute Gasteiger partial charge is 0.316 e. The fourth-order valence-corrected chi connectivity index (χ4v) is 4.26. The number of thiophene rings is 1. The van der Waals surface area contributed by atoms with Crippen LogP contribution in [0.2, 0.25) is 0 Å². The quantitative estimate of drug-likeness (QED) is 0.531. The molecule has 1 heterocycles. The fourth-order valence-electron chi connectivity index (χ4n) is 2.40.